The Morgan fingerprint density at radius 2 is 1.12 bits per heavy atom. The van der Waals surface area contributed by atoms with Crippen LogP contribution >= 0.6 is 0 Å². The van der Waals surface area contributed by atoms with Crippen molar-refractivity contribution in [3.63, 3.8) is 0 Å². The van der Waals surface area contributed by atoms with Crippen molar-refractivity contribution in [3.8, 4) is 0 Å². The second kappa shape index (κ2) is 11.3. The van der Waals surface area contributed by atoms with Crippen molar-refractivity contribution in [2.45, 2.75) is 41.5 Å². The molecule has 33 heavy (non-hydrogen) atoms. The quantitative estimate of drug-likeness (QED) is 0.552. The van der Waals surface area contributed by atoms with Gasteiger partial charge in [-0.1, -0.05) is 36.4 Å². The smallest absolute Gasteiger partial charge is 1.00 e. The average molecular weight is 521 g/mol. The maximum Gasteiger partial charge on any atom is 2.00 e. The number of pyridine rings is 1. The van der Waals surface area contributed by atoms with Gasteiger partial charge >= 0.3 is 26.2 Å². The Morgan fingerprint density at radius 1 is 0.697 bits per heavy atom. The standard InChI is InChI=1S/C27H29N3O2.Zr.2H/c1-16-10-7-11-17(2)23(16)26(31)29-20(5)22-14-9-15-28-25(22)21(6)30-27(32)24-18(3)12-8-13-19(24)4;;;/h7-15H,1-6H3,(H,29,31)(H,30,32);;;/q;+2;2*-1. The summed E-state index contributed by atoms with van der Waals surface area (Å²) in [5, 5.41) is 7.36. The molecule has 3 aromatic rings. The largest absolute Gasteiger partial charge is 2.00 e. The van der Waals surface area contributed by atoms with Gasteiger partial charge in [0.25, 0.3) is 11.8 Å². The number of carbonyl (C=O) groups excluding carboxylic acids is 2. The second-order valence-corrected chi connectivity index (χ2v) is 8.09. The van der Waals surface area contributed by atoms with Crippen molar-refractivity contribution in [2.75, 3.05) is 0 Å². The van der Waals surface area contributed by atoms with Crippen LogP contribution in [0.25, 0.3) is 11.4 Å². The molecule has 3 rings (SSSR count). The SMILES string of the molecule is CC(NC(=O)c1c(C)cccc1C)=c1cccnc1=C(C)NC(=O)c1c(C)cccc1C.[H-].[H-].[Zr+2]. The minimum Gasteiger partial charge on any atom is -1.00 e. The number of hydrogen-bond acceptors (Lipinski definition) is 3. The number of rotatable bonds is 4. The fraction of sp³-hybridized carbons (Fsp3) is 0.222. The van der Waals surface area contributed by atoms with Gasteiger partial charge in [0.05, 0.1) is 5.35 Å². The third kappa shape index (κ3) is 5.94. The first kappa shape index (κ1) is 26.4. The molecule has 0 bridgehead atoms. The van der Waals surface area contributed by atoms with Gasteiger partial charge in [0.15, 0.2) is 0 Å². The molecule has 1 heterocycles. The van der Waals surface area contributed by atoms with Crippen LogP contribution in [0.1, 0.15) is 59.7 Å². The fourth-order valence-corrected chi connectivity index (χ4v) is 3.94. The first-order valence-electron chi connectivity index (χ1n) is 10.6. The van der Waals surface area contributed by atoms with Crippen molar-refractivity contribution in [1.29, 1.82) is 0 Å². The predicted molar refractivity (Wildman–Crippen MR) is 131 cm³/mol. The number of carbonyl (C=O) groups is 2. The molecular weight excluding hydrogens is 490 g/mol. The van der Waals surface area contributed by atoms with E-state index in [-0.39, 0.29) is 40.9 Å². The number of hydrogen-bond donors (Lipinski definition) is 2. The van der Waals surface area contributed by atoms with E-state index in [1.54, 1.807) is 6.20 Å². The van der Waals surface area contributed by atoms with E-state index in [0.717, 1.165) is 27.5 Å². The summed E-state index contributed by atoms with van der Waals surface area (Å²) in [5.41, 5.74) is 6.29. The monoisotopic (exact) mass is 519 g/mol. The molecule has 0 aliphatic rings. The minimum absolute atomic E-state index is 0. The van der Waals surface area contributed by atoms with Gasteiger partial charge < -0.3 is 13.5 Å². The first-order chi connectivity index (χ1) is 15.2. The van der Waals surface area contributed by atoms with E-state index in [1.165, 1.54) is 0 Å². The van der Waals surface area contributed by atoms with Crippen LogP contribution in [-0.4, -0.2) is 16.8 Å². The van der Waals surface area contributed by atoms with Gasteiger partial charge in [0, 0.05) is 33.9 Å². The van der Waals surface area contributed by atoms with E-state index in [2.05, 4.69) is 15.6 Å². The molecule has 0 radical (unpaired) electrons. The van der Waals surface area contributed by atoms with Crippen LogP contribution < -0.4 is 21.2 Å². The van der Waals surface area contributed by atoms with Gasteiger partial charge in [-0.15, -0.1) is 0 Å². The summed E-state index contributed by atoms with van der Waals surface area (Å²) >= 11 is 0. The van der Waals surface area contributed by atoms with E-state index < -0.39 is 0 Å². The van der Waals surface area contributed by atoms with Gasteiger partial charge in [0.2, 0.25) is 0 Å². The summed E-state index contributed by atoms with van der Waals surface area (Å²) in [6.07, 6.45) is 1.67. The number of nitrogens with zero attached hydrogens (tertiary/aromatic N) is 1. The van der Waals surface area contributed by atoms with Gasteiger partial charge in [-0.3, -0.25) is 14.6 Å². The van der Waals surface area contributed by atoms with Crippen LogP contribution in [0.3, 0.4) is 0 Å². The number of aromatic nitrogens is 1. The van der Waals surface area contributed by atoms with Crippen molar-refractivity contribution < 1.29 is 38.6 Å². The number of nitrogens with one attached hydrogen (secondary N) is 2. The number of aryl methyl sites for hydroxylation is 4. The Bertz CT molecular complexity index is 1200. The molecule has 2 aromatic carbocycles. The van der Waals surface area contributed by atoms with Crippen LogP contribution in [0.4, 0.5) is 0 Å². The second-order valence-electron chi connectivity index (χ2n) is 8.09. The van der Waals surface area contributed by atoms with Crippen LogP contribution in [0.2, 0.25) is 0 Å². The van der Waals surface area contributed by atoms with E-state index in [4.69, 9.17) is 0 Å². The molecule has 0 aliphatic heterocycles. The molecule has 0 spiro atoms. The number of benzene rings is 2. The zero-order valence-corrected chi connectivity index (χ0v) is 22.4. The summed E-state index contributed by atoms with van der Waals surface area (Å²) in [5.74, 6) is -0.336. The minimum atomic E-state index is -0.174. The summed E-state index contributed by atoms with van der Waals surface area (Å²) in [4.78, 5) is 30.4. The molecule has 0 aliphatic carbocycles. The molecule has 6 heteroatoms. The van der Waals surface area contributed by atoms with Crippen molar-refractivity contribution >= 4 is 23.2 Å². The Hall–Kier alpha value is -2.85. The molecule has 0 atom stereocenters. The summed E-state index contributed by atoms with van der Waals surface area (Å²) in [6.45, 7) is 11.3. The Labute approximate surface area is 217 Å². The van der Waals surface area contributed by atoms with E-state index in [0.29, 0.717) is 27.9 Å². The molecule has 1 aromatic heterocycles. The topological polar surface area (TPSA) is 71.1 Å². The summed E-state index contributed by atoms with van der Waals surface area (Å²) in [7, 11) is 0. The molecule has 2 amide bonds. The molecular formula is C27H31N3O2Zr. The first-order valence-corrected chi connectivity index (χ1v) is 10.6. The third-order valence-corrected chi connectivity index (χ3v) is 5.59. The van der Waals surface area contributed by atoms with E-state index >= 15 is 0 Å². The molecule has 5 nitrogen and oxygen atoms in total. The van der Waals surface area contributed by atoms with Gasteiger partial charge in [-0.05, 0) is 75.9 Å². The summed E-state index contributed by atoms with van der Waals surface area (Å²) < 4.78 is 0. The van der Waals surface area contributed by atoms with Crippen molar-refractivity contribution in [2.24, 2.45) is 0 Å². The molecule has 0 unspecified atom stereocenters. The van der Waals surface area contributed by atoms with Crippen LogP contribution in [0.5, 0.6) is 0 Å². The number of amides is 2. The Morgan fingerprint density at radius 3 is 1.58 bits per heavy atom. The van der Waals surface area contributed by atoms with Crippen molar-refractivity contribution in [3.05, 3.63) is 98.7 Å². The third-order valence-electron chi connectivity index (χ3n) is 5.59. The molecule has 0 saturated carbocycles. The summed E-state index contributed by atoms with van der Waals surface area (Å²) in [6, 6.07) is 15.3. The van der Waals surface area contributed by atoms with Crippen molar-refractivity contribution in [1.82, 2.24) is 15.6 Å². The average Bonchev–Trinajstić information content (AvgIpc) is 2.73. The zero-order chi connectivity index (χ0) is 23.4. The molecule has 170 valence electrons. The Balaban J connectivity index is 0.00000385. The van der Waals surface area contributed by atoms with Crippen LogP contribution in [0.15, 0.2) is 54.7 Å². The van der Waals surface area contributed by atoms with Gasteiger partial charge in [-0.2, -0.15) is 0 Å². The van der Waals surface area contributed by atoms with Crippen LogP contribution in [-0.2, 0) is 26.2 Å². The molecule has 0 fully saturated rings. The Kier molecular flexibility index (Phi) is 9.07. The van der Waals surface area contributed by atoms with E-state index in [9.17, 15) is 9.59 Å². The zero-order valence-electron chi connectivity index (χ0n) is 22.0. The fourth-order valence-electron chi connectivity index (χ4n) is 3.94. The van der Waals surface area contributed by atoms with Crippen LogP contribution in [0, 0.1) is 27.7 Å². The van der Waals surface area contributed by atoms with Gasteiger partial charge in [-0.25, -0.2) is 0 Å². The predicted octanol–water partition coefficient (Wildman–Crippen LogP) is 3.65. The normalized spacial score (nSPS) is 12.3. The van der Waals surface area contributed by atoms with Gasteiger partial charge in [0.1, 0.15) is 0 Å². The maximum absolute atomic E-state index is 13.0. The molecule has 2 N–H and O–H groups in total. The van der Waals surface area contributed by atoms with E-state index in [1.807, 2.05) is 90.1 Å². The maximum atomic E-state index is 13.0. The molecule has 0 saturated heterocycles.